The van der Waals surface area contributed by atoms with Crippen molar-refractivity contribution >= 4 is 29.1 Å². The van der Waals surface area contributed by atoms with Crippen LogP contribution in [-0.4, -0.2) is 55.0 Å². The summed E-state index contributed by atoms with van der Waals surface area (Å²) in [5, 5.41) is 11.3. The van der Waals surface area contributed by atoms with Gasteiger partial charge in [0.1, 0.15) is 18.1 Å². The van der Waals surface area contributed by atoms with Crippen LogP contribution in [0.5, 0.6) is 0 Å². The van der Waals surface area contributed by atoms with Crippen molar-refractivity contribution in [3.8, 4) is 0 Å². The van der Waals surface area contributed by atoms with Gasteiger partial charge in [0, 0.05) is 19.4 Å². The zero-order valence-corrected chi connectivity index (χ0v) is 17.1. The van der Waals surface area contributed by atoms with Crippen LogP contribution in [0, 0.1) is 13.8 Å². The molecule has 0 radical (unpaired) electrons. The third-order valence-corrected chi connectivity index (χ3v) is 5.53. The monoisotopic (exact) mass is 406 g/mol. The molecule has 4 heterocycles. The number of amides is 3. The fraction of sp³-hybridized carbons (Fsp3) is 0.400. The summed E-state index contributed by atoms with van der Waals surface area (Å²) in [4.78, 5) is 36.5. The highest BCUT2D eigenvalue weighted by Gasteiger charge is 2.36. The molecule has 3 aromatic rings. The molecule has 1 saturated carbocycles. The standard InChI is InChI=1S/C20H22N8O2/c1-11-18(22-12(2)25-24-11)21-7-15-9-27-8-14(13-4-5-13)6-16(19(27)23-15)28-10-17(29)26(3)20(28)30/h6,8-9,13H,4-5,7,10H2,1-3H3,(H,21,22,25). The van der Waals surface area contributed by atoms with E-state index in [1.54, 1.807) is 6.92 Å². The van der Waals surface area contributed by atoms with Gasteiger partial charge in [-0.2, -0.15) is 5.10 Å². The number of imidazole rings is 1. The maximum Gasteiger partial charge on any atom is 0.331 e. The zero-order valence-electron chi connectivity index (χ0n) is 17.1. The lowest BCUT2D eigenvalue weighted by Crippen LogP contribution is -2.30. The molecular weight excluding hydrogens is 384 g/mol. The molecule has 10 heteroatoms. The molecule has 2 aliphatic rings. The average molecular weight is 406 g/mol. The number of aryl methyl sites for hydroxylation is 2. The van der Waals surface area contributed by atoms with Gasteiger partial charge in [-0.05, 0) is 44.2 Å². The number of rotatable bonds is 5. The second-order valence-electron chi connectivity index (χ2n) is 7.86. The van der Waals surface area contributed by atoms with E-state index in [4.69, 9.17) is 4.98 Å². The second-order valence-corrected chi connectivity index (χ2v) is 7.86. The van der Waals surface area contributed by atoms with Crippen molar-refractivity contribution in [2.75, 3.05) is 23.8 Å². The minimum atomic E-state index is -0.323. The Balaban J connectivity index is 1.51. The normalized spacial score (nSPS) is 16.8. The number of urea groups is 1. The molecule has 0 spiro atoms. The van der Waals surface area contributed by atoms with E-state index in [2.05, 4.69) is 26.7 Å². The van der Waals surface area contributed by atoms with Gasteiger partial charge in [0.15, 0.2) is 11.5 Å². The molecule has 2 fully saturated rings. The molecule has 1 aliphatic heterocycles. The van der Waals surface area contributed by atoms with Gasteiger partial charge in [-0.15, -0.1) is 5.10 Å². The van der Waals surface area contributed by atoms with Crippen LogP contribution < -0.4 is 10.2 Å². The third-order valence-electron chi connectivity index (χ3n) is 5.53. The van der Waals surface area contributed by atoms with E-state index < -0.39 is 0 Å². The first-order valence-corrected chi connectivity index (χ1v) is 9.92. The van der Waals surface area contributed by atoms with E-state index in [1.165, 1.54) is 11.9 Å². The Labute approximate surface area is 172 Å². The summed E-state index contributed by atoms with van der Waals surface area (Å²) in [7, 11) is 1.51. The lowest BCUT2D eigenvalue weighted by molar-refractivity contribution is -0.123. The first kappa shape index (κ1) is 18.5. The van der Waals surface area contributed by atoms with Gasteiger partial charge in [-0.1, -0.05) is 0 Å². The van der Waals surface area contributed by atoms with Crippen LogP contribution in [0.15, 0.2) is 18.5 Å². The Kier molecular flexibility index (Phi) is 4.16. The Morgan fingerprint density at radius 2 is 1.93 bits per heavy atom. The van der Waals surface area contributed by atoms with E-state index >= 15 is 0 Å². The highest BCUT2D eigenvalue weighted by atomic mass is 16.2. The number of pyridine rings is 1. The van der Waals surface area contributed by atoms with Crippen LogP contribution in [0.4, 0.5) is 16.3 Å². The summed E-state index contributed by atoms with van der Waals surface area (Å²) >= 11 is 0. The number of imide groups is 1. The first-order valence-electron chi connectivity index (χ1n) is 9.92. The maximum atomic E-state index is 12.6. The smallest absolute Gasteiger partial charge is 0.331 e. The molecule has 0 aromatic carbocycles. The number of hydrogen-bond donors (Lipinski definition) is 1. The molecule has 3 aromatic heterocycles. The number of fused-ring (bicyclic) bond motifs is 1. The van der Waals surface area contributed by atoms with Gasteiger partial charge < -0.3 is 9.72 Å². The maximum absolute atomic E-state index is 12.6. The van der Waals surface area contributed by atoms with Gasteiger partial charge in [0.05, 0.1) is 17.9 Å². The van der Waals surface area contributed by atoms with Crippen molar-refractivity contribution in [1.29, 1.82) is 0 Å². The molecule has 30 heavy (non-hydrogen) atoms. The van der Waals surface area contributed by atoms with Gasteiger partial charge in [-0.25, -0.2) is 14.8 Å². The largest absolute Gasteiger partial charge is 0.363 e. The highest BCUT2D eigenvalue weighted by molar-refractivity contribution is 6.13. The number of carbonyl (C=O) groups is 2. The van der Waals surface area contributed by atoms with E-state index in [9.17, 15) is 9.59 Å². The lowest BCUT2D eigenvalue weighted by atomic mass is 10.1. The number of likely N-dealkylation sites (N-methyl/N-ethyl adjacent to an activating group) is 1. The van der Waals surface area contributed by atoms with E-state index in [1.807, 2.05) is 23.6 Å². The van der Waals surface area contributed by atoms with Crippen molar-refractivity contribution in [2.45, 2.75) is 39.2 Å². The Morgan fingerprint density at radius 3 is 2.63 bits per heavy atom. The quantitative estimate of drug-likeness (QED) is 0.646. The number of nitrogens with zero attached hydrogens (tertiary/aromatic N) is 7. The Bertz CT molecular complexity index is 1180. The molecule has 1 N–H and O–H groups in total. The number of carbonyl (C=O) groups excluding carboxylic acids is 2. The molecule has 5 rings (SSSR count). The van der Waals surface area contributed by atoms with Crippen LogP contribution >= 0.6 is 0 Å². The number of hydrogen-bond acceptors (Lipinski definition) is 7. The summed E-state index contributed by atoms with van der Waals surface area (Å²) in [5.74, 6) is 1.54. The molecule has 0 unspecified atom stereocenters. The molecule has 10 nitrogen and oxygen atoms in total. The number of anilines is 2. The number of nitrogens with one attached hydrogen (secondary N) is 1. The lowest BCUT2D eigenvalue weighted by Gasteiger charge is -2.17. The highest BCUT2D eigenvalue weighted by Crippen LogP contribution is 2.42. The van der Waals surface area contributed by atoms with Crippen LogP contribution in [0.3, 0.4) is 0 Å². The van der Waals surface area contributed by atoms with E-state index in [0.717, 1.165) is 29.0 Å². The molecular formula is C20H22N8O2. The Hall–Kier alpha value is -3.56. The van der Waals surface area contributed by atoms with Crippen molar-refractivity contribution < 1.29 is 9.59 Å². The summed E-state index contributed by atoms with van der Waals surface area (Å²) in [5.41, 5.74) is 4.00. The summed E-state index contributed by atoms with van der Waals surface area (Å²) in [6.45, 7) is 4.12. The fourth-order valence-corrected chi connectivity index (χ4v) is 3.66. The van der Waals surface area contributed by atoms with Crippen LogP contribution in [-0.2, 0) is 11.3 Å². The number of aromatic nitrogens is 5. The minimum Gasteiger partial charge on any atom is -0.363 e. The fourth-order valence-electron chi connectivity index (χ4n) is 3.66. The van der Waals surface area contributed by atoms with Crippen LogP contribution in [0.25, 0.3) is 5.65 Å². The first-order chi connectivity index (χ1) is 14.4. The van der Waals surface area contributed by atoms with Crippen molar-refractivity contribution in [3.05, 3.63) is 41.2 Å². The van der Waals surface area contributed by atoms with E-state index in [-0.39, 0.29) is 18.5 Å². The van der Waals surface area contributed by atoms with Gasteiger partial charge >= 0.3 is 6.03 Å². The summed E-state index contributed by atoms with van der Waals surface area (Å²) in [6.07, 6.45) is 6.29. The topological polar surface area (TPSA) is 109 Å². The van der Waals surface area contributed by atoms with Crippen molar-refractivity contribution in [2.24, 2.45) is 0 Å². The van der Waals surface area contributed by atoms with Gasteiger partial charge in [0.25, 0.3) is 0 Å². The van der Waals surface area contributed by atoms with Crippen molar-refractivity contribution in [3.63, 3.8) is 0 Å². The summed E-state index contributed by atoms with van der Waals surface area (Å²) in [6, 6.07) is 1.68. The second kappa shape index (κ2) is 6.75. The zero-order chi connectivity index (χ0) is 21.0. The predicted molar refractivity (Wildman–Crippen MR) is 109 cm³/mol. The molecule has 1 saturated heterocycles. The van der Waals surface area contributed by atoms with Crippen molar-refractivity contribution in [1.82, 2.24) is 29.5 Å². The third kappa shape index (κ3) is 3.14. The summed E-state index contributed by atoms with van der Waals surface area (Å²) < 4.78 is 1.95. The molecule has 0 atom stereocenters. The van der Waals surface area contributed by atoms with Crippen LogP contribution in [0.1, 0.15) is 41.5 Å². The van der Waals surface area contributed by atoms with Gasteiger partial charge in [-0.3, -0.25) is 14.6 Å². The van der Waals surface area contributed by atoms with Gasteiger partial charge in [0.2, 0.25) is 5.91 Å². The predicted octanol–water partition coefficient (Wildman–Crippen LogP) is 2.02. The minimum absolute atomic E-state index is 0.0324. The molecule has 154 valence electrons. The molecule has 0 bridgehead atoms. The SMILES string of the molecule is Cc1nnc(C)c(NCc2cn3cc(C4CC4)cc(N4CC(=O)N(C)C4=O)c3n2)n1. The average Bonchev–Trinajstić information content (AvgIpc) is 3.45. The molecule has 3 amide bonds. The molecule has 1 aliphatic carbocycles. The van der Waals surface area contributed by atoms with Crippen LogP contribution in [0.2, 0.25) is 0 Å². The Morgan fingerprint density at radius 1 is 1.13 bits per heavy atom. The van der Waals surface area contributed by atoms with E-state index in [0.29, 0.717) is 41.1 Å².